The molecular weight excluding hydrogens is 688 g/mol. The van der Waals surface area contributed by atoms with Crippen LogP contribution in [0.15, 0.2) is 30.3 Å². The number of hydrogen-bond acceptors (Lipinski definition) is 15. The number of amides is 3. The highest BCUT2D eigenvalue weighted by atomic mass is 32.2. The standard InChI is InChI=1S/C30H36N4O13S2/c1-29(2)22(34-25(39)21(26(34)48-29)32-24(38)20(31)15-8-6-5-7-9-15)27(40)46-13-44-18(36)10-11-19(37)45-14-47-28(41)23-30(3,4)49(42,43)17-12-16(35)33(17)23/h5-9,17,20-23,26H,10-14,31H2,1-4H3,(H,32,38)/t17-,20?,21-,22+,23+,26-/m1/s1. The van der Waals surface area contributed by atoms with Gasteiger partial charge in [0.1, 0.15) is 34.9 Å². The zero-order valence-corrected chi connectivity index (χ0v) is 28.6. The molecule has 3 amide bonds. The van der Waals surface area contributed by atoms with Gasteiger partial charge in [0.05, 0.1) is 24.0 Å². The van der Waals surface area contributed by atoms with Crippen LogP contribution < -0.4 is 11.1 Å². The molecule has 0 spiro atoms. The van der Waals surface area contributed by atoms with Gasteiger partial charge in [0.15, 0.2) is 9.84 Å². The zero-order valence-electron chi connectivity index (χ0n) is 27.0. The number of ether oxygens (including phenoxy) is 4. The number of nitrogens with zero attached hydrogens (tertiary/aromatic N) is 2. The lowest BCUT2D eigenvalue weighted by molar-refractivity contribution is -0.179. The fraction of sp³-hybridized carbons (Fsp3) is 0.567. The van der Waals surface area contributed by atoms with Gasteiger partial charge in [-0.1, -0.05) is 30.3 Å². The number of benzene rings is 1. The molecule has 0 aliphatic carbocycles. The summed E-state index contributed by atoms with van der Waals surface area (Å²) in [5.41, 5.74) is 6.62. The zero-order chi connectivity index (χ0) is 36.1. The van der Waals surface area contributed by atoms with Gasteiger partial charge < -0.3 is 39.8 Å². The molecule has 6 atom stereocenters. The largest absolute Gasteiger partial charge is 0.428 e. The molecule has 19 heteroatoms. The minimum atomic E-state index is -3.82. The van der Waals surface area contributed by atoms with Crippen molar-refractivity contribution in [3.63, 3.8) is 0 Å². The van der Waals surface area contributed by atoms with Crippen LogP contribution in [0.5, 0.6) is 0 Å². The Morgan fingerprint density at radius 1 is 0.898 bits per heavy atom. The number of thioether (sulfide) groups is 1. The Balaban J connectivity index is 1.01. The molecule has 4 aliphatic rings. The monoisotopic (exact) mass is 724 g/mol. The maximum absolute atomic E-state index is 13.0. The lowest BCUT2D eigenvalue weighted by Gasteiger charge is -2.44. The number of nitrogens with two attached hydrogens (primary N) is 1. The molecule has 0 bridgehead atoms. The second-order valence-electron chi connectivity index (χ2n) is 12.8. The molecule has 49 heavy (non-hydrogen) atoms. The first-order valence-electron chi connectivity index (χ1n) is 15.2. The maximum Gasteiger partial charge on any atom is 0.333 e. The molecule has 266 valence electrons. The van der Waals surface area contributed by atoms with Crippen LogP contribution in [0.4, 0.5) is 0 Å². The molecule has 4 heterocycles. The van der Waals surface area contributed by atoms with Crippen molar-refractivity contribution in [3.05, 3.63) is 35.9 Å². The summed E-state index contributed by atoms with van der Waals surface area (Å²) in [5, 5.41) is 1.01. The van der Waals surface area contributed by atoms with E-state index in [1.165, 1.54) is 30.5 Å². The Morgan fingerprint density at radius 3 is 2.00 bits per heavy atom. The quantitative estimate of drug-likeness (QED) is 0.153. The van der Waals surface area contributed by atoms with Crippen molar-refractivity contribution in [1.29, 1.82) is 0 Å². The summed E-state index contributed by atoms with van der Waals surface area (Å²) in [7, 11) is -3.82. The summed E-state index contributed by atoms with van der Waals surface area (Å²) in [4.78, 5) is 89.7. The first kappa shape index (κ1) is 36.1. The third-order valence-electron chi connectivity index (χ3n) is 8.98. The third kappa shape index (κ3) is 6.45. The molecule has 0 saturated carbocycles. The Bertz CT molecular complexity index is 1680. The van der Waals surface area contributed by atoms with Crippen molar-refractivity contribution in [1.82, 2.24) is 15.1 Å². The van der Waals surface area contributed by atoms with E-state index >= 15 is 0 Å². The van der Waals surface area contributed by atoms with E-state index in [1.807, 2.05) is 0 Å². The van der Waals surface area contributed by atoms with Crippen LogP contribution in [0.3, 0.4) is 0 Å². The molecule has 0 radical (unpaired) electrons. The fourth-order valence-electron chi connectivity index (χ4n) is 6.20. The van der Waals surface area contributed by atoms with Gasteiger partial charge in [-0.05, 0) is 33.3 Å². The summed E-state index contributed by atoms with van der Waals surface area (Å²) >= 11 is 1.30. The highest BCUT2D eigenvalue weighted by molar-refractivity contribution is 8.01. The summed E-state index contributed by atoms with van der Waals surface area (Å²) in [6.45, 7) is 4.42. The number of nitrogens with one attached hydrogen (secondary N) is 1. The SMILES string of the molecule is CC1(C)S[C@@H]2[C@H](NC(=O)C(N)c3ccccc3)C(=O)N2[C@H]1C(=O)OCOC(=O)CCC(=O)OCOC(=O)[C@@H]1N2C(=O)C[C@H]2S(=O)(=O)C1(C)C. The number of hydrogen-bond donors (Lipinski definition) is 2. The number of carbonyl (C=O) groups is 7. The second kappa shape index (κ2) is 13.2. The van der Waals surface area contributed by atoms with Gasteiger partial charge in [-0.15, -0.1) is 11.8 Å². The Kier molecular flexibility index (Phi) is 9.74. The van der Waals surface area contributed by atoms with Crippen LogP contribution in [0.25, 0.3) is 0 Å². The van der Waals surface area contributed by atoms with Crippen molar-refractivity contribution >= 4 is 63.2 Å². The minimum absolute atomic E-state index is 0.219. The van der Waals surface area contributed by atoms with E-state index in [-0.39, 0.29) is 6.42 Å². The lowest BCUT2D eigenvalue weighted by atomic mass is 9.95. The number of rotatable bonds is 12. The van der Waals surface area contributed by atoms with Crippen molar-refractivity contribution in [3.8, 4) is 0 Å². The third-order valence-corrected chi connectivity index (χ3v) is 13.3. The molecule has 4 aliphatic heterocycles. The average molecular weight is 725 g/mol. The average Bonchev–Trinajstić information content (AvgIpc) is 3.37. The van der Waals surface area contributed by atoms with Gasteiger partial charge in [0.2, 0.25) is 31.3 Å². The molecule has 3 N–H and O–H groups in total. The van der Waals surface area contributed by atoms with E-state index < -0.39 is 122 Å². The summed E-state index contributed by atoms with van der Waals surface area (Å²) in [5.74, 6) is -5.30. The first-order valence-corrected chi connectivity index (χ1v) is 17.6. The smallest absolute Gasteiger partial charge is 0.333 e. The second-order valence-corrected chi connectivity index (χ2v) is 17.3. The molecule has 1 aromatic rings. The molecular formula is C30H36N4O13S2. The first-order chi connectivity index (χ1) is 22.9. The molecule has 5 rings (SSSR count). The number of fused-ring (bicyclic) bond motifs is 2. The van der Waals surface area contributed by atoms with Gasteiger partial charge in [0.25, 0.3) is 0 Å². The van der Waals surface area contributed by atoms with Gasteiger partial charge in [-0.2, -0.15) is 0 Å². The predicted molar refractivity (Wildman–Crippen MR) is 167 cm³/mol. The lowest BCUT2D eigenvalue weighted by Crippen LogP contribution is -2.71. The van der Waals surface area contributed by atoms with Gasteiger partial charge in [-0.25, -0.2) is 18.0 Å². The number of carbonyl (C=O) groups excluding carboxylic acids is 7. The van der Waals surface area contributed by atoms with E-state index in [4.69, 9.17) is 24.7 Å². The van der Waals surface area contributed by atoms with Crippen LogP contribution in [0, 0.1) is 0 Å². The van der Waals surface area contributed by atoms with E-state index in [9.17, 15) is 42.0 Å². The van der Waals surface area contributed by atoms with Crippen LogP contribution in [0.1, 0.15) is 58.6 Å². The summed E-state index contributed by atoms with van der Waals surface area (Å²) in [6.07, 6.45) is -1.19. The molecule has 17 nitrogen and oxygen atoms in total. The molecule has 4 fully saturated rings. The van der Waals surface area contributed by atoms with Gasteiger partial charge >= 0.3 is 23.9 Å². The number of β-lactam (4-membered cyclic amide) rings is 2. The highest BCUT2D eigenvalue weighted by Gasteiger charge is 2.68. The van der Waals surface area contributed by atoms with Crippen molar-refractivity contribution in [2.24, 2.45) is 5.73 Å². The van der Waals surface area contributed by atoms with Crippen LogP contribution in [-0.4, -0.2) is 112 Å². The number of esters is 4. The minimum Gasteiger partial charge on any atom is -0.428 e. The normalized spacial score (nSPS) is 27.4. The molecule has 4 saturated heterocycles. The van der Waals surface area contributed by atoms with Crippen molar-refractivity contribution < 1.29 is 60.9 Å². The van der Waals surface area contributed by atoms with Crippen LogP contribution >= 0.6 is 11.8 Å². The van der Waals surface area contributed by atoms with Gasteiger partial charge in [-0.3, -0.25) is 24.0 Å². The number of sulfone groups is 1. The van der Waals surface area contributed by atoms with Gasteiger partial charge in [0, 0.05) is 4.75 Å². The van der Waals surface area contributed by atoms with Crippen LogP contribution in [0.2, 0.25) is 0 Å². The summed E-state index contributed by atoms with van der Waals surface area (Å²) in [6, 6.07) is 4.32. The topological polar surface area (TPSA) is 235 Å². The van der Waals surface area contributed by atoms with Crippen molar-refractivity contribution in [2.45, 2.75) is 91.4 Å². The summed E-state index contributed by atoms with van der Waals surface area (Å²) < 4.78 is 42.5. The highest BCUT2D eigenvalue weighted by Crippen LogP contribution is 2.51. The Morgan fingerprint density at radius 2 is 1.45 bits per heavy atom. The van der Waals surface area contributed by atoms with Crippen molar-refractivity contribution in [2.75, 3.05) is 13.6 Å². The van der Waals surface area contributed by atoms with E-state index in [2.05, 4.69) is 5.32 Å². The van der Waals surface area contributed by atoms with E-state index in [0.29, 0.717) is 5.56 Å². The maximum atomic E-state index is 13.0. The Labute approximate surface area is 285 Å². The fourth-order valence-corrected chi connectivity index (χ4v) is 9.95. The molecule has 1 unspecified atom stereocenters. The van der Waals surface area contributed by atoms with E-state index in [0.717, 1.165) is 4.90 Å². The van der Waals surface area contributed by atoms with E-state index in [1.54, 1.807) is 44.2 Å². The predicted octanol–water partition coefficient (Wildman–Crippen LogP) is -0.764. The van der Waals surface area contributed by atoms with Crippen LogP contribution in [-0.2, 0) is 62.3 Å². The molecule has 0 aromatic heterocycles. The Hall–Kier alpha value is -4.23. The molecule has 1 aromatic carbocycles.